The van der Waals surface area contributed by atoms with Crippen LogP contribution >= 0.6 is 11.8 Å². The fourth-order valence-corrected chi connectivity index (χ4v) is 3.92. The van der Waals surface area contributed by atoms with Gasteiger partial charge in [-0.25, -0.2) is 0 Å². The molecule has 2 aromatic carbocycles. The normalized spacial score (nSPS) is 11.6. The van der Waals surface area contributed by atoms with Crippen LogP contribution in [-0.2, 0) is 14.4 Å². The van der Waals surface area contributed by atoms with Gasteiger partial charge in [-0.1, -0.05) is 67.6 Å². The molecular weight excluding hydrogens is 376 g/mol. The third-order valence-electron chi connectivity index (χ3n) is 4.02. The molecular formula is C21H24N2O4S. The fraction of sp³-hybridized carbons (Fsp3) is 0.286. The number of nitrogens with one attached hydrogen (secondary N) is 2. The van der Waals surface area contributed by atoms with E-state index in [0.29, 0.717) is 5.75 Å². The van der Waals surface area contributed by atoms with Gasteiger partial charge in [0.05, 0.1) is 5.25 Å². The Morgan fingerprint density at radius 3 is 1.96 bits per heavy atom. The molecule has 6 nitrogen and oxygen atoms in total. The summed E-state index contributed by atoms with van der Waals surface area (Å²) in [6.45, 7) is 1.22. The molecule has 0 aliphatic carbocycles. The molecule has 2 rings (SSSR count). The molecule has 0 saturated carbocycles. The number of carboxylic acids is 1. The predicted molar refractivity (Wildman–Crippen MR) is 110 cm³/mol. The van der Waals surface area contributed by atoms with Crippen LogP contribution in [0.5, 0.6) is 0 Å². The molecule has 2 amide bonds. The minimum absolute atomic E-state index is 0.0179. The number of amides is 2. The van der Waals surface area contributed by atoms with Crippen LogP contribution in [0, 0.1) is 0 Å². The van der Waals surface area contributed by atoms with Crippen molar-refractivity contribution in [3.05, 3.63) is 71.8 Å². The van der Waals surface area contributed by atoms with Gasteiger partial charge >= 0.3 is 5.97 Å². The van der Waals surface area contributed by atoms with E-state index < -0.39 is 24.5 Å². The zero-order valence-electron chi connectivity index (χ0n) is 15.6. The number of benzene rings is 2. The number of carbonyl (C=O) groups is 3. The quantitative estimate of drug-likeness (QED) is 0.570. The first-order valence-electron chi connectivity index (χ1n) is 9.01. The number of rotatable bonds is 10. The zero-order valence-corrected chi connectivity index (χ0v) is 16.4. The lowest BCUT2D eigenvalue weighted by Crippen LogP contribution is -2.49. The summed E-state index contributed by atoms with van der Waals surface area (Å²) in [6, 6.07) is 19.0. The first kappa shape index (κ1) is 21.5. The summed E-state index contributed by atoms with van der Waals surface area (Å²) >= 11 is 1.53. The van der Waals surface area contributed by atoms with Crippen LogP contribution in [0.25, 0.3) is 0 Å². The van der Waals surface area contributed by atoms with Crippen LogP contribution in [0.15, 0.2) is 60.7 Å². The summed E-state index contributed by atoms with van der Waals surface area (Å²) in [5.41, 5.74) is 2.18. The zero-order chi connectivity index (χ0) is 20.4. The Kier molecular flexibility index (Phi) is 8.55. The second-order valence-electron chi connectivity index (χ2n) is 6.12. The lowest BCUT2D eigenvalue weighted by molar-refractivity contribution is -0.138. The lowest BCUT2D eigenvalue weighted by atomic mass is 10.0. The van der Waals surface area contributed by atoms with Crippen LogP contribution in [0.4, 0.5) is 0 Å². The van der Waals surface area contributed by atoms with Crippen molar-refractivity contribution in [3.8, 4) is 0 Å². The Labute approximate surface area is 168 Å². The van der Waals surface area contributed by atoms with Crippen LogP contribution in [0.1, 0.15) is 29.7 Å². The van der Waals surface area contributed by atoms with E-state index in [0.717, 1.165) is 11.1 Å². The Morgan fingerprint density at radius 2 is 1.50 bits per heavy atom. The molecule has 1 unspecified atom stereocenters. The van der Waals surface area contributed by atoms with Crippen LogP contribution in [-0.4, -0.2) is 41.2 Å². The Hall–Kier alpha value is -2.80. The standard InChI is InChI=1S/C21H24N2O4S/c1-2-18(24)23-17(21(27)22-13-19(25)26)14-28-20(15-9-5-3-6-10-15)16-11-7-4-8-12-16/h3-12,17,20H,2,13-14H2,1H3,(H,22,27)(H,23,24)(H,25,26). The summed E-state index contributed by atoms with van der Waals surface area (Å²) in [4.78, 5) is 34.9. The van der Waals surface area contributed by atoms with Gasteiger partial charge in [0.15, 0.2) is 0 Å². The minimum atomic E-state index is -1.13. The molecule has 0 aliphatic heterocycles. The average molecular weight is 401 g/mol. The maximum Gasteiger partial charge on any atom is 0.322 e. The van der Waals surface area contributed by atoms with E-state index in [-0.39, 0.29) is 17.6 Å². The van der Waals surface area contributed by atoms with Crippen molar-refractivity contribution in [2.45, 2.75) is 24.6 Å². The molecule has 2 aromatic rings. The van der Waals surface area contributed by atoms with E-state index in [1.165, 1.54) is 11.8 Å². The number of hydrogen-bond donors (Lipinski definition) is 3. The third kappa shape index (κ3) is 6.74. The van der Waals surface area contributed by atoms with Crippen LogP contribution < -0.4 is 10.6 Å². The van der Waals surface area contributed by atoms with Gasteiger partial charge in [0.1, 0.15) is 12.6 Å². The molecule has 0 spiro atoms. The lowest BCUT2D eigenvalue weighted by Gasteiger charge is -2.22. The molecule has 148 valence electrons. The molecule has 7 heteroatoms. The number of aliphatic carboxylic acids is 1. The molecule has 0 aromatic heterocycles. The third-order valence-corrected chi connectivity index (χ3v) is 5.42. The van der Waals surface area contributed by atoms with Crippen molar-refractivity contribution < 1.29 is 19.5 Å². The highest BCUT2D eigenvalue weighted by Gasteiger charge is 2.24. The van der Waals surface area contributed by atoms with Gasteiger partial charge in [-0.2, -0.15) is 0 Å². The number of carbonyl (C=O) groups excluding carboxylic acids is 2. The van der Waals surface area contributed by atoms with E-state index in [4.69, 9.17) is 5.11 Å². The summed E-state index contributed by atoms with van der Waals surface area (Å²) in [6.07, 6.45) is 0.244. The molecule has 3 N–H and O–H groups in total. The highest BCUT2D eigenvalue weighted by molar-refractivity contribution is 7.99. The van der Waals surface area contributed by atoms with Crippen LogP contribution in [0.2, 0.25) is 0 Å². The molecule has 0 saturated heterocycles. The molecule has 0 fully saturated rings. The number of hydrogen-bond acceptors (Lipinski definition) is 4. The van der Waals surface area contributed by atoms with Crippen molar-refractivity contribution in [2.75, 3.05) is 12.3 Å². The molecule has 0 bridgehead atoms. The summed E-state index contributed by atoms with van der Waals surface area (Å²) in [7, 11) is 0. The molecule has 0 aliphatic rings. The van der Waals surface area contributed by atoms with Crippen molar-refractivity contribution in [3.63, 3.8) is 0 Å². The highest BCUT2D eigenvalue weighted by Crippen LogP contribution is 2.35. The summed E-state index contributed by atoms with van der Waals surface area (Å²) < 4.78 is 0. The summed E-state index contributed by atoms with van der Waals surface area (Å²) in [5.74, 6) is -1.58. The largest absolute Gasteiger partial charge is 0.480 e. The van der Waals surface area contributed by atoms with Gasteiger partial charge in [-0.05, 0) is 11.1 Å². The van der Waals surface area contributed by atoms with Gasteiger partial charge < -0.3 is 15.7 Å². The van der Waals surface area contributed by atoms with E-state index in [2.05, 4.69) is 10.6 Å². The van der Waals surface area contributed by atoms with E-state index in [1.807, 2.05) is 60.7 Å². The molecule has 1 atom stereocenters. The minimum Gasteiger partial charge on any atom is -0.480 e. The Balaban J connectivity index is 2.16. The average Bonchev–Trinajstić information content (AvgIpc) is 2.72. The first-order chi connectivity index (χ1) is 13.5. The predicted octanol–water partition coefficient (Wildman–Crippen LogP) is 2.60. The summed E-state index contributed by atoms with van der Waals surface area (Å²) in [5, 5.41) is 13.8. The van der Waals surface area contributed by atoms with Crippen molar-refractivity contribution in [1.82, 2.24) is 10.6 Å². The maximum absolute atomic E-state index is 12.4. The van der Waals surface area contributed by atoms with Gasteiger partial charge in [0.25, 0.3) is 0 Å². The van der Waals surface area contributed by atoms with Gasteiger partial charge in [-0.15, -0.1) is 11.8 Å². The molecule has 0 radical (unpaired) electrons. The Bertz CT molecular complexity index is 744. The second kappa shape index (κ2) is 11.1. The van der Waals surface area contributed by atoms with Gasteiger partial charge in [0.2, 0.25) is 11.8 Å². The maximum atomic E-state index is 12.4. The Morgan fingerprint density at radius 1 is 0.964 bits per heavy atom. The van der Waals surface area contributed by atoms with Gasteiger partial charge in [0, 0.05) is 12.2 Å². The van der Waals surface area contributed by atoms with Gasteiger partial charge in [-0.3, -0.25) is 14.4 Å². The monoisotopic (exact) mass is 400 g/mol. The molecule has 28 heavy (non-hydrogen) atoms. The van der Waals surface area contributed by atoms with E-state index in [9.17, 15) is 14.4 Å². The second-order valence-corrected chi connectivity index (χ2v) is 7.26. The van der Waals surface area contributed by atoms with E-state index in [1.54, 1.807) is 6.92 Å². The van der Waals surface area contributed by atoms with Crippen molar-refractivity contribution in [2.24, 2.45) is 0 Å². The highest BCUT2D eigenvalue weighted by atomic mass is 32.2. The topological polar surface area (TPSA) is 95.5 Å². The van der Waals surface area contributed by atoms with Crippen molar-refractivity contribution in [1.29, 1.82) is 0 Å². The first-order valence-corrected chi connectivity index (χ1v) is 10.1. The number of thioether (sulfide) groups is 1. The molecule has 0 heterocycles. The van der Waals surface area contributed by atoms with Crippen molar-refractivity contribution >= 4 is 29.5 Å². The number of carboxylic acid groups (broad SMARTS) is 1. The van der Waals surface area contributed by atoms with E-state index >= 15 is 0 Å². The smallest absolute Gasteiger partial charge is 0.322 e. The SMILES string of the molecule is CCC(=O)NC(CSC(c1ccccc1)c1ccccc1)C(=O)NCC(=O)O. The van der Waals surface area contributed by atoms with Crippen LogP contribution in [0.3, 0.4) is 0 Å². The fourth-order valence-electron chi connectivity index (χ4n) is 2.60.